The minimum atomic E-state index is -0.383. The smallest absolute Gasteiger partial charge is 0.337 e. The predicted molar refractivity (Wildman–Crippen MR) is 96.5 cm³/mol. The molecule has 25 heavy (non-hydrogen) atoms. The largest absolute Gasteiger partial charge is 0.465 e. The van der Waals surface area contributed by atoms with E-state index in [0.717, 1.165) is 16.1 Å². The summed E-state index contributed by atoms with van der Waals surface area (Å²) < 4.78 is 4.66. The number of rotatable bonds is 5. The minimum absolute atomic E-state index is 0.226. The molecule has 0 fully saturated rings. The Kier molecular flexibility index (Phi) is 5.20. The Morgan fingerprint density at radius 3 is 2.48 bits per heavy atom. The van der Waals surface area contributed by atoms with Crippen LogP contribution in [0.25, 0.3) is 10.6 Å². The first-order valence-electron chi connectivity index (χ1n) is 7.64. The van der Waals surface area contributed by atoms with E-state index in [2.05, 4.69) is 15.0 Å². The topological polar surface area (TPSA) is 68.3 Å². The van der Waals surface area contributed by atoms with Gasteiger partial charge in [-0.25, -0.2) is 9.78 Å². The van der Waals surface area contributed by atoms with E-state index >= 15 is 0 Å². The highest BCUT2D eigenvalue weighted by atomic mass is 32.1. The maximum Gasteiger partial charge on any atom is 0.337 e. The molecule has 0 aliphatic heterocycles. The number of hydrogen-bond acceptors (Lipinski definition) is 5. The number of hydrogen-bond donors (Lipinski definition) is 1. The first kappa shape index (κ1) is 16.9. The molecule has 0 bridgehead atoms. The van der Waals surface area contributed by atoms with Crippen molar-refractivity contribution in [2.45, 2.75) is 6.54 Å². The minimum Gasteiger partial charge on any atom is -0.465 e. The summed E-state index contributed by atoms with van der Waals surface area (Å²) in [5.74, 6) is -0.609. The van der Waals surface area contributed by atoms with Gasteiger partial charge in [0.1, 0.15) is 10.7 Å². The molecule has 5 nitrogen and oxygen atoms in total. The van der Waals surface area contributed by atoms with Gasteiger partial charge in [0.25, 0.3) is 5.91 Å². The fraction of sp³-hybridized carbons (Fsp3) is 0.105. The van der Waals surface area contributed by atoms with Crippen molar-refractivity contribution >= 4 is 23.2 Å². The summed E-state index contributed by atoms with van der Waals surface area (Å²) in [6.07, 6.45) is 0. The highest BCUT2D eigenvalue weighted by molar-refractivity contribution is 7.13. The van der Waals surface area contributed by atoms with E-state index in [-0.39, 0.29) is 11.9 Å². The van der Waals surface area contributed by atoms with E-state index in [4.69, 9.17) is 0 Å². The molecule has 0 saturated heterocycles. The molecule has 0 unspecified atom stereocenters. The molecule has 0 radical (unpaired) electrons. The highest BCUT2D eigenvalue weighted by Crippen LogP contribution is 2.23. The van der Waals surface area contributed by atoms with Crippen LogP contribution < -0.4 is 5.32 Å². The maximum absolute atomic E-state index is 12.2. The summed E-state index contributed by atoms with van der Waals surface area (Å²) in [4.78, 5) is 28.0. The number of esters is 1. The van der Waals surface area contributed by atoms with Gasteiger partial charge in [-0.2, -0.15) is 0 Å². The van der Waals surface area contributed by atoms with Gasteiger partial charge in [0.2, 0.25) is 0 Å². The van der Waals surface area contributed by atoms with E-state index in [9.17, 15) is 9.59 Å². The standard InChI is InChI=1S/C19H16N2O3S/c1-24-19(23)15-9-7-13(8-10-15)11-20-17(22)16-12-25-18(21-16)14-5-3-2-4-6-14/h2-10,12H,11H2,1H3,(H,20,22). The zero-order valence-electron chi connectivity index (χ0n) is 13.6. The monoisotopic (exact) mass is 352 g/mol. The van der Waals surface area contributed by atoms with Crippen LogP contribution in [0, 0.1) is 0 Å². The summed E-state index contributed by atoms with van der Waals surface area (Å²) in [7, 11) is 1.34. The quantitative estimate of drug-likeness (QED) is 0.713. The molecule has 0 saturated carbocycles. The second-order valence-electron chi connectivity index (χ2n) is 5.28. The Morgan fingerprint density at radius 2 is 1.80 bits per heavy atom. The van der Waals surface area contributed by atoms with Crippen LogP contribution in [0.4, 0.5) is 0 Å². The highest BCUT2D eigenvalue weighted by Gasteiger charge is 2.12. The van der Waals surface area contributed by atoms with Crippen molar-refractivity contribution in [3.05, 3.63) is 76.8 Å². The van der Waals surface area contributed by atoms with Gasteiger partial charge in [0.15, 0.2) is 0 Å². The lowest BCUT2D eigenvalue weighted by Gasteiger charge is -2.05. The molecular weight excluding hydrogens is 336 g/mol. The lowest BCUT2D eigenvalue weighted by Crippen LogP contribution is -2.23. The summed E-state index contributed by atoms with van der Waals surface area (Å²) in [5.41, 5.74) is 2.75. The third-order valence-corrected chi connectivity index (χ3v) is 4.48. The first-order valence-corrected chi connectivity index (χ1v) is 8.52. The molecular formula is C19H16N2O3S. The van der Waals surface area contributed by atoms with Gasteiger partial charge in [0.05, 0.1) is 12.7 Å². The van der Waals surface area contributed by atoms with Crippen molar-refractivity contribution < 1.29 is 14.3 Å². The number of nitrogens with one attached hydrogen (secondary N) is 1. The fourth-order valence-corrected chi connectivity index (χ4v) is 3.05. The number of carbonyl (C=O) groups is 2. The van der Waals surface area contributed by atoms with Gasteiger partial charge in [-0.15, -0.1) is 11.3 Å². The molecule has 0 aliphatic rings. The summed E-state index contributed by atoms with van der Waals surface area (Å²) in [6, 6.07) is 16.6. The molecule has 1 aromatic heterocycles. The number of nitrogens with zero attached hydrogens (tertiary/aromatic N) is 1. The van der Waals surface area contributed by atoms with Crippen LogP contribution in [-0.4, -0.2) is 24.0 Å². The van der Waals surface area contributed by atoms with E-state index < -0.39 is 0 Å². The van der Waals surface area contributed by atoms with Gasteiger partial charge >= 0.3 is 5.97 Å². The van der Waals surface area contributed by atoms with Crippen LogP contribution in [0.1, 0.15) is 26.4 Å². The molecule has 6 heteroatoms. The van der Waals surface area contributed by atoms with Crippen LogP contribution >= 0.6 is 11.3 Å². The van der Waals surface area contributed by atoms with Crippen molar-refractivity contribution in [1.82, 2.24) is 10.3 Å². The Morgan fingerprint density at radius 1 is 1.08 bits per heavy atom. The van der Waals surface area contributed by atoms with Gasteiger partial charge in [-0.05, 0) is 17.7 Å². The SMILES string of the molecule is COC(=O)c1ccc(CNC(=O)c2csc(-c3ccccc3)n2)cc1. The van der Waals surface area contributed by atoms with Crippen LogP contribution in [0.3, 0.4) is 0 Å². The molecule has 0 spiro atoms. The molecule has 126 valence electrons. The van der Waals surface area contributed by atoms with Gasteiger partial charge in [-0.1, -0.05) is 42.5 Å². The van der Waals surface area contributed by atoms with Crippen molar-refractivity contribution in [2.75, 3.05) is 7.11 Å². The number of carbonyl (C=O) groups excluding carboxylic acids is 2. The third-order valence-electron chi connectivity index (χ3n) is 3.59. The van der Waals surface area contributed by atoms with Gasteiger partial charge in [-0.3, -0.25) is 4.79 Å². The molecule has 3 aromatic rings. The van der Waals surface area contributed by atoms with Gasteiger partial charge < -0.3 is 10.1 Å². The molecule has 2 aromatic carbocycles. The number of thiazole rings is 1. The summed E-state index contributed by atoms with van der Waals surface area (Å²) in [5, 5.41) is 5.39. The zero-order valence-corrected chi connectivity index (χ0v) is 14.4. The summed E-state index contributed by atoms with van der Waals surface area (Å²) in [6.45, 7) is 0.360. The van der Waals surface area contributed by atoms with Crippen LogP contribution in [0.2, 0.25) is 0 Å². The number of amides is 1. The molecule has 0 aliphatic carbocycles. The normalized spacial score (nSPS) is 10.3. The van der Waals surface area contributed by atoms with Crippen molar-refractivity contribution in [3.8, 4) is 10.6 Å². The Bertz CT molecular complexity index is 873. The van der Waals surface area contributed by atoms with E-state index in [0.29, 0.717) is 17.8 Å². The third kappa shape index (κ3) is 4.10. The number of methoxy groups -OCH3 is 1. The fourth-order valence-electron chi connectivity index (χ4n) is 2.24. The van der Waals surface area contributed by atoms with Crippen LogP contribution in [-0.2, 0) is 11.3 Å². The average Bonchev–Trinajstić information content (AvgIpc) is 3.17. The second kappa shape index (κ2) is 7.72. The molecule has 1 N–H and O–H groups in total. The Balaban J connectivity index is 1.61. The van der Waals surface area contributed by atoms with E-state index in [1.165, 1.54) is 18.4 Å². The van der Waals surface area contributed by atoms with Gasteiger partial charge in [0, 0.05) is 17.5 Å². The average molecular weight is 352 g/mol. The zero-order chi connectivity index (χ0) is 17.6. The summed E-state index contributed by atoms with van der Waals surface area (Å²) >= 11 is 1.44. The van der Waals surface area contributed by atoms with Crippen LogP contribution in [0.15, 0.2) is 60.0 Å². The predicted octanol–water partition coefficient (Wildman–Crippen LogP) is 3.53. The van der Waals surface area contributed by atoms with E-state index in [1.807, 2.05) is 30.3 Å². The van der Waals surface area contributed by atoms with Crippen LogP contribution in [0.5, 0.6) is 0 Å². The number of aromatic nitrogens is 1. The number of ether oxygens (including phenoxy) is 1. The second-order valence-corrected chi connectivity index (χ2v) is 6.13. The van der Waals surface area contributed by atoms with Crippen molar-refractivity contribution in [3.63, 3.8) is 0 Å². The molecule has 0 atom stereocenters. The molecule has 3 rings (SSSR count). The lowest BCUT2D eigenvalue weighted by atomic mass is 10.1. The molecule has 1 heterocycles. The maximum atomic E-state index is 12.2. The lowest BCUT2D eigenvalue weighted by molar-refractivity contribution is 0.0600. The van der Waals surface area contributed by atoms with E-state index in [1.54, 1.807) is 29.6 Å². The van der Waals surface area contributed by atoms with Crippen molar-refractivity contribution in [1.29, 1.82) is 0 Å². The number of benzene rings is 2. The first-order chi connectivity index (χ1) is 12.2. The Hall–Kier alpha value is -2.99. The Labute approximate surface area is 149 Å². The van der Waals surface area contributed by atoms with Crippen molar-refractivity contribution in [2.24, 2.45) is 0 Å². The molecule has 1 amide bonds.